The van der Waals surface area contributed by atoms with E-state index in [0.29, 0.717) is 0 Å². The SMILES string of the molecule is NC(=O)C(=O)N/N=C1/CCc2ccccc21. The minimum absolute atomic E-state index is 0.762. The fourth-order valence-corrected chi connectivity index (χ4v) is 1.70. The van der Waals surface area contributed by atoms with E-state index in [9.17, 15) is 9.59 Å². The van der Waals surface area contributed by atoms with Crippen LogP contribution in [0.15, 0.2) is 29.4 Å². The van der Waals surface area contributed by atoms with Gasteiger partial charge in [0.25, 0.3) is 0 Å². The molecule has 0 aliphatic heterocycles. The number of carbonyl (C=O) groups excluding carboxylic acids is 2. The summed E-state index contributed by atoms with van der Waals surface area (Å²) in [6.07, 6.45) is 1.67. The third kappa shape index (κ3) is 1.93. The van der Waals surface area contributed by atoms with Crippen molar-refractivity contribution < 1.29 is 9.59 Å². The highest BCUT2D eigenvalue weighted by Gasteiger charge is 2.17. The van der Waals surface area contributed by atoms with E-state index in [1.807, 2.05) is 24.3 Å². The number of aryl methyl sites for hydroxylation is 1. The Hall–Kier alpha value is -2.17. The van der Waals surface area contributed by atoms with E-state index in [2.05, 4.69) is 10.5 Å². The van der Waals surface area contributed by atoms with E-state index in [-0.39, 0.29) is 0 Å². The maximum absolute atomic E-state index is 10.9. The van der Waals surface area contributed by atoms with Gasteiger partial charge in [0.15, 0.2) is 0 Å². The molecule has 0 fully saturated rings. The van der Waals surface area contributed by atoms with Gasteiger partial charge in [-0.05, 0) is 18.4 Å². The summed E-state index contributed by atoms with van der Waals surface area (Å²) in [6, 6.07) is 7.84. The summed E-state index contributed by atoms with van der Waals surface area (Å²) in [5.74, 6) is -1.92. The van der Waals surface area contributed by atoms with Gasteiger partial charge in [-0.3, -0.25) is 9.59 Å². The van der Waals surface area contributed by atoms with E-state index in [4.69, 9.17) is 5.73 Å². The monoisotopic (exact) mass is 217 g/mol. The van der Waals surface area contributed by atoms with E-state index >= 15 is 0 Å². The van der Waals surface area contributed by atoms with Gasteiger partial charge in [-0.25, -0.2) is 5.43 Å². The number of hydrogen-bond donors (Lipinski definition) is 2. The van der Waals surface area contributed by atoms with Crippen LogP contribution < -0.4 is 11.2 Å². The van der Waals surface area contributed by atoms with E-state index in [1.54, 1.807) is 0 Å². The van der Waals surface area contributed by atoms with Gasteiger partial charge >= 0.3 is 11.8 Å². The number of carbonyl (C=O) groups is 2. The Morgan fingerprint density at radius 2 is 2.00 bits per heavy atom. The second-order valence-corrected chi connectivity index (χ2v) is 3.52. The van der Waals surface area contributed by atoms with Gasteiger partial charge in [0.05, 0.1) is 5.71 Å². The van der Waals surface area contributed by atoms with Crippen LogP contribution >= 0.6 is 0 Å². The van der Waals surface area contributed by atoms with Crippen molar-refractivity contribution in [2.24, 2.45) is 10.8 Å². The van der Waals surface area contributed by atoms with E-state index < -0.39 is 11.8 Å². The molecule has 0 spiro atoms. The van der Waals surface area contributed by atoms with Crippen LogP contribution in [0.5, 0.6) is 0 Å². The van der Waals surface area contributed by atoms with Gasteiger partial charge in [-0.2, -0.15) is 5.10 Å². The molecule has 0 aromatic heterocycles. The molecule has 1 aliphatic carbocycles. The average Bonchev–Trinajstić information content (AvgIpc) is 2.69. The van der Waals surface area contributed by atoms with Crippen molar-refractivity contribution in [2.45, 2.75) is 12.8 Å². The molecule has 5 heteroatoms. The highest BCUT2D eigenvalue weighted by atomic mass is 16.2. The lowest BCUT2D eigenvalue weighted by Crippen LogP contribution is -2.33. The van der Waals surface area contributed by atoms with Crippen molar-refractivity contribution in [1.82, 2.24) is 5.43 Å². The van der Waals surface area contributed by atoms with Crippen LogP contribution in [0.25, 0.3) is 0 Å². The molecule has 16 heavy (non-hydrogen) atoms. The Morgan fingerprint density at radius 3 is 2.75 bits per heavy atom. The largest absolute Gasteiger partial charge is 0.361 e. The number of amides is 2. The summed E-state index contributed by atoms with van der Waals surface area (Å²) in [5.41, 5.74) is 9.94. The fraction of sp³-hybridized carbons (Fsp3) is 0.182. The lowest BCUT2D eigenvalue weighted by molar-refractivity contribution is -0.137. The van der Waals surface area contributed by atoms with Gasteiger partial charge in [0.1, 0.15) is 0 Å². The zero-order valence-electron chi connectivity index (χ0n) is 8.56. The third-order valence-electron chi connectivity index (χ3n) is 2.48. The summed E-state index contributed by atoms with van der Waals surface area (Å²) in [4.78, 5) is 21.4. The molecule has 0 radical (unpaired) electrons. The lowest BCUT2D eigenvalue weighted by Gasteiger charge is -1.99. The first-order chi connectivity index (χ1) is 7.68. The molecule has 0 bridgehead atoms. The third-order valence-corrected chi connectivity index (χ3v) is 2.48. The second kappa shape index (κ2) is 4.14. The van der Waals surface area contributed by atoms with Crippen LogP contribution in [0.1, 0.15) is 17.5 Å². The number of primary amides is 1. The zero-order valence-corrected chi connectivity index (χ0v) is 8.56. The lowest BCUT2D eigenvalue weighted by atomic mass is 10.1. The van der Waals surface area contributed by atoms with Crippen molar-refractivity contribution in [3.63, 3.8) is 0 Å². The normalized spacial score (nSPS) is 15.9. The van der Waals surface area contributed by atoms with Gasteiger partial charge in [0, 0.05) is 5.56 Å². The van der Waals surface area contributed by atoms with Gasteiger partial charge < -0.3 is 5.73 Å². The van der Waals surface area contributed by atoms with Crippen LogP contribution in [0.4, 0.5) is 0 Å². The Labute approximate surface area is 92.3 Å². The first-order valence-electron chi connectivity index (χ1n) is 4.93. The maximum atomic E-state index is 10.9. The molecule has 0 saturated carbocycles. The molecule has 1 aromatic rings. The summed E-state index contributed by atoms with van der Waals surface area (Å²) in [6.45, 7) is 0. The Kier molecular flexibility index (Phi) is 2.68. The molecule has 1 aromatic carbocycles. The quantitative estimate of drug-likeness (QED) is 0.510. The van der Waals surface area contributed by atoms with Crippen molar-refractivity contribution in [3.05, 3.63) is 35.4 Å². The number of nitrogens with two attached hydrogens (primary N) is 1. The van der Waals surface area contributed by atoms with Gasteiger partial charge in [0.2, 0.25) is 0 Å². The minimum Gasteiger partial charge on any atom is -0.361 e. The highest BCUT2D eigenvalue weighted by molar-refractivity contribution is 6.34. The van der Waals surface area contributed by atoms with Crippen LogP contribution in [0.2, 0.25) is 0 Å². The standard InChI is InChI=1S/C11H11N3O2/c12-10(15)11(16)14-13-9-6-5-7-3-1-2-4-8(7)9/h1-4H,5-6H2,(H2,12,15)(H,14,16)/b13-9-. The molecule has 1 aliphatic rings. The van der Waals surface area contributed by atoms with Gasteiger partial charge in [-0.1, -0.05) is 24.3 Å². The van der Waals surface area contributed by atoms with Crippen LogP contribution in [0.3, 0.4) is 0 Å². The summed E-state index contributed by atoms with van der Waals surface area (Å²) in [7, 11) is 0. The predicted molar refractivity (Wildman–Crippen MR) is 58.6 cm³/mol. The first-order valence-corrected chi connectivity index (χ1v) is 4.93. The number of fused-ring (bicyclic) bond motifs is 1. The number of benzene rings is 1. The Balaban J connectivity index is 2.16. The number of rotatable bonds is 1. The molecule has 82 valence electrons. The van der Waals surface area contributed by atoms with Crippen LogP contribution in [-0.4, -0.2) is 17.5 Å². The molecular formula is C11H11N3O2. The van der Waals surface area contributed by atoms with Crippen molar-refractivity contribution >= 4 is 17.5 Å². The maximum Gasteiger partial charge on any atom is 0.329 e. The zero-order chi connectivity index (χ0) is 11.5. The molecule has 3 N–H and O–H groups in total. The fourth-order valence-electron chi connectivity index (χ4n) is 1.70. The summed E-state index contributed by atoms with van der Waals surface area (Å²) in [5, 5.41) is 3.90. The van der Waals surface area contributed by atoms with Gasteiger partial charge in [-0.15, -0.1) is 0 Å². The molecular weight excluding hydrogens is 206 g/mol. The number of hydrogen-bond acceptors (Lipinski definition) is 3. The molecule has 2 amide bonds. The molecule has 0 heterocycles. The molecule has 0 atom stereocenters. The number of hydrazone groups is 1. The molecule has 0 saturated heterocycles. The van der Waals surface area contributed by atoms with Crippen LogP contribution in [0, 0.1) is 0 Å². The van der Waals surface area contributed by atoms with Crippen molar-refractivity contribution in [3.8, 4) is 0 Å². The van der Waals surface area contributed by atoms with E-state index in [1.165, 1.54) is 5.56 Å². The Bertz CT molecular complexity index is 480. The van der Waals surface area contributed by atoms with Crippen molar-refractivity contribution in [1.29, 1.82) is 0 Å². The summed E-state index contributed by atoms with van der Waals surface area (Å²) >= 11 is 0. The second-order valence-electron chi connectivity index (χ2n) is 3.52. The summed E-state index contributed by atoms with van der Waals surface area (Å²) < 4.78 is 0. The smallest absolute Gasteiger partial charge is 0.329 e. The van der Waals surface area contributed by atoms with E-state index in [0.717, 1.165) is 24.1 Å². The number of nitrogens with zero attached hydrogens (tertiary/aromatic N) is 1. The Morgan fingerprint density at radius 1 is 1.25 bits per heavy atom. The molecule has 0 unspecified atom stereocenters. The predicted octanol–water partition coefficient (Wildman–Crippen LogP) is -0.0616. The number of nitrogens with one attached hydrogen (secondary N) is 1. The topological polar surface area (TPSA) is 84.5 Å². The average molecular weight is 217 g/mol. The minimum atomic E-state index is -1.03. The van der Waals surface area contributed by atoms with Crippen molar-refractivity contribution in [2.75, 3.05) is 0 Å². The first kappa shape index (κ1) is 10.4. The highest BCUT2D eigenvalue weighted by Crippen LogP contribution is 2.21. The molecule has 2 rings (SSSR count). The molecule has 5 nitrogen and oxygen atoms in total. The van der Waals surface area contributed by atoms with Crippen LogP contribution in [-0.2, 0) is 16.0 Å².